The van der Waals surface area contributed by atoms with Crippen molar-refractivity contribution in [2.75, 3.05) is 18.4 Å². The van der Waals surface area contributed by atoms with Gasteiger partial charge in [-0.25, -0.2) is 4.98 Å². The van der Waals surface area contributed by atoms with Crippen LogP contribution in [0.3, 0.4) is 0 Å². The fourth-order valence-corrected chi connectivity index (χ4v) is 3.92. The molecule has 0 spiro atoms. The number of aryl methyl sites for hydroxylation is 1. The van der Waals surface area contributed by atoms with Crippen LogP contribution in [0.4, 0.5) is 11.6 Å². The Morgan fingerprint density at radius 1 is 1.29 bits per heavy atom. The molecule has 3 aromatic rings. The highest BCUT2D eigenvalue weighted by Gasteiger charge is 2.40. The van der Waals surface area contributed by atoms with Crippen molar-refractivity contribution in [2.24, 2.45) is 5.92 Å². The number of hydrogen-bond acceptors (Lipinski definition) is 5. The number of anilines is 2. The quantitative estimate of drug-likeness (QED) is 0.684. The number of carbonyl (C=O) groups excluding carboxylic acids is 1. The highest BCUT2D eigenvalue weighted by Crippen LogP contribution is 2.35. The zero-order valence-electron chi connectivity index (χ0n) is 15.3. The highest BCUT2D eigenvalue weighted by molar-refractivity contribution is 6.35. The molecular formula is C18H19Cl2N7O. The number of carbonyl (C=O) groups is 1. The van der Waals surface area contributed by atoms with E-state index in [0.717, 1.165) is 30.4 Å². The largest absolute Gasteiger partial charge is 0.338 e. The predicted octanol–water partition coefficient (Wildman–Crippen LogP) is 3.49. The molecule has 8 nitrogen and oxygen atoms in total. The maximum Gasteiger partial charge on any atom is 0.229 e. The van der Waals surface area contributed by atoms with Crippen molar-refractivity contribution in [2.45, 2.75) is 32.4 Å². The molecule has 1 saturated heterocycles. The molecule has 10 heteroatoms. The summed E-state index contributed by atoms with van der Waals surface area (Å²) in [4.78, 5) is 22.9. The molecule has 0 radical (unpaired) electrons. The number of rotatable bonds is 5. The minimum Gasteiger partial charge on any atom is -0.338 e. The van der Waals surface area contributed by atoms with Crippen molar-refractivity contribution < 1.29 is 4.79 Å². The Balaban J connectivity index is 1.32. The second-order valence-electron chi connectivity index (χ2n) is 7.30. The summed E-state index contributed by atoms with van der Waals surface area (Å²) in [6.45, 7) is 4.15. The number of nitrogens with zero attached hydrogens (tertiary/aromatic N) is 6. The van der Waals surface area contributed by atoms with Gasteiger partial charge in [-0.3, -0.25) is 9.48 Å². The Kier molecular flexibility index (Phi) is 4.21. The lowest BCUT2D eigenvalue weighted by Gasteiger charge is -2.39. The maximum atomic E-state index is 12.1. The molecular weight excluding hydrogens is 401 g/mol. The van der Waals surface area contributed by atoms with Gasteiger partial charge >= 0.3 is 0 Å². The van der Waals surface area contributed by atoms with Gasteiger partial charge in [0.25, 0.3) is 0 Å². The number of fused-ring (bicyclic) bond motifs is 1. The Hall–Kier alpha value is -2.32. The van der Waals surface area contributed by atoms with Crippen LogP contribution < -0.4 is 5.32 Å². The van der Waals surface area contributed by atoms with Gasteiger partial charge in [-0.15, -0.1) is 0 Å². The van der Waals surface area contributed by atoms with Gasteiger partial charge < -0.3 is 14.8 Å². The van der Waals surface area contributed by atoms with E-state index in [1.807, 2.05) is 33.5 Å². The van der Waals surface area contributed by atoms with E-state index in [1.54, 1.807) is 6.20 Å². The Bertz CT molecular complexity index is 1070. The van der Waals surface area contributed by atoms with Crippen molar-refractivity contribution in [3.63, 3.8) is 0 Å². The minimum absolute atomic E-state index is 0.148. The van der Waals surface area contributed by atoms with Gasteiger partial charge in [0.2, 0.25) is 11.9 Å². The molecule has 0 aromatic carbocycles. The summed E-state index contributed by atoms with van der Waals surface area (Å²) in [5, 5.41) is 9.31. The van der Waals surface area contributed by atoms with E-state index < -0.39 is 0 Å². The molecule has 1 N–H and O–H groups in total. The van der Waals surface area contributed by atoms with E-state index in [-0.39, 0.29) is 17.9 Å². The van der Waals surface area contributed by atoms with Gasteiger partial charge in [0.1, 0.15) is 5.65 Å². The van der Waals surface area contributed by atoms with Crippen LogP contribution in [0.1, 0.15) is 25.8 Å². The van der Waals surface area contributed by atoms with Crippen LogP contribution >= 0.6 is 23.2 Å². The molecule has 0 atom stereocenters. The molecule has 1 saturated carbocycles. The molecule has 1 aliphatic carbocycles. The van der Waals surface area contributed by atoms with Gasteiger partial charge in [-0.2, -0.15) is 10.1 Å². The van der Waals surface area contributed by atoms with E-state index in [0.29, 0.717) is 34.9 Å². The standard InChI is InChI=1S/C18H19Cl2N7O/c1-2-25-8-13(19)12-5-21-18(23-16(12)25)22-14-9-27(24-15(14)20)11-6-26(7-11)17(28)10-3-4-10/h5,8-11H,2-4,6-7H2,1H3,(H,21,22,23). The molecule has 1 aliphatic heterocycles. The Labute approximate surface area is 171 Å². The molecule has 1 amide bonds. The normalized spacial score (nSPS) is 17.2. The number of nitrogens with one attached hydrogen (secondary N) is 1. The molecule has 28 heavy (non-hydrogen) atoms. The first-order chi connectivity index (χ1) is 13.5. The van der Waals surface area contributed by atoms with Crippen LogP contribution in [0.25, 0.3) is 11.0 Å². The van der Waals surface area contributed by atoms with Crippen LogP contribution in [0.15, 0.2) is 18.6 Å². The van der Waals surface area contributed by atoms with E-state index in [9.17, 15) is 4.79 Å². The molecule has 2 aliphatic rings. The lowest BCUT2D eigenvalue weighted by molar-refractivity contribution is -0.138. The molecule has 2 fully saturated rings. The average molecular weight is 420 g/mol. The smallest absolute Gasteiger partial charge is 0.229 e. The van der Waals surface area contributed by atoms with Crippen LogP contribution in [-0.2, 0) is 11.3 Å². The summed E-state index contributed by atoms with van der Waals surface area (Å²) >= 11 is 12.5. The van der Waals surface area contributed by atoms with E-state index in [4.69, 9.17) is 23.2 Å². The van der Waals surface area contributed by atoms with Gasteiger partial charge in [-0.1, -0.05) is 23.2 Å². The molecule has 4 heterocycles. The summed E-state index contributed by atoms with van der Waals surface area (Å²) in [5.41, 5.74) is 1.40. The number of likely N-dealkylation sites (tertiary alicyclic amines) is 1. The van der Waals surface area contributed by atoms with Crippen LogP contribution in [-0.4, -0.2) is 48.2 Å². The van der Waals surface area contributed by atoms with Gasteiger partial charge in [-0.05, 0) is 19.8 Å². The molecule has 0 unspecified atom stereocenters. The topological polar surface area (TPSA) is 80.9 Å². The molecule has 5 rings (SSSR count). The Morgan fingerprint density at radius 2 is 2.07 bits per heavy atom. The number of halogens is 2. The first-order valence-electron chi connectivity index (χ1n) is 9.35. The molecule has 0 bridgehead atoms. The van der Waals surface area contributed by atoms with E-state index in [2.05, 4.69) is 20.4 Å². The fraction of sp³-hybridized carbons (Fsp3) is 0.444. The number of aromatic nitrogens is 5. The third-order valence-electron chi connectivity index (χ3n) is 5.32. The van der Waals surface area contributed by atoms with Crippen molar-refractivity contribution in [1.82, 2.24) is 29.2 Å². The lowest BCUT2D eigenvalue weighted by Crippen LogP contribution is -2.51. The van der Waals surface area contributed by atoms with Gasteiger partial charge in [0.05, 0.1) is 28.3 Å². The van der Waals surface area contributed by atoms with Crippen LogP contribution in [0.5, 0.6) is 0 Å². The summed E-state index contributed by atoms with van der Waals surface area (Å²) < 4.78 is 3.78. The third-order valence-corrected chi connectivity index (χ3v) is 5.90. The predicted molar refractivity (Wildman–Crippen MR) is 107 cm³/mol. The van der Waals surface area contributed by atoms with E-state index >= 15 is 0 Å². The zero-order valence-corrected chi connectivity index (χ0v) is 16.8. The first-order valence-corrected chi connectivity index (χ1v) is 10.1. The second-order valence-corrected chi connectivity index (χ2v) is 8.07. The maximum absolute atomic E-state index is 12.1. The summed E-state index contributed by atoms with van der Waals surface area (Å²) in [5.74, 6) is 0.951. The third kappa shape index (κ3) is 3.00. The first kappa shape index (κ1) is 17.8. The summed E-state index contributed by atoms with van der Waals surface area (Å²) in [6.07, 6.45) is 7.44. The molecule has 3 aromatic heterocycles. The van der Waals surface area contributed by atoms with Crippen LogP contribution in [0, 0.1) is 5.92 Å². The summed E-state index contributed by atoms with van der Waals surface area (Å²) in [7, 11) is 0. The van der Waals surface area contributed by atoms with Crippen molar-refractivity contribution in [3.05, 3.63) is 28.8 Å². The second kappa shape index (κ2) is 6.63. The van der Waals surface area contributed by atoms with Gasteiger partial charge in [0, 0.05) is 37.9 Å². The monoisotopic (exact) mass is 419 g/mol. The average Bonchev–Trinajstić information content (AvgIpc) is 3.37. The van der Waals surface area contributed by atoms with Crippen LogP contribution in [0.2, 0.25) is 10.2 Å². The molecule has 146 valence electrons. The fourth-order valence-electron chi connectivity index (χ4n) is 3.48. The SMILES string of the molecule is CCn1cc(Cl)c2cnc(Nc3cn(C4CN(C(=O)C5CC5)C4)nc3Cl)nc21. The van der Waals surface area contributed by atoms with Gasteiger partial charge in [0.15, 0.2) is 5.15 Å². The minimum atomic E-state index is 0.148. The zero-order chi connectivity index (χ0) is 19.4. The highest BCUT2D eigenvalue weighted by atomic mass is 35.5. The Morgan fingerprint density at radius 3 is 2.79 bits per heavy atom. The number of hydrogen-bond donors (Lipinski definition) is 1. The van der Waals surface area contributed by atoms with Crippen molar-refractivity contribution in [1.29, 1.82) is 0 Å². The number of amides is 1. The van der Waals surface area contributed by atoms with E-state index in [1.165, 1.54) is 0 Å². The summed E-state index contributed by atoms with van der Waals surface area (Å²) in [6, 6.07) is 0.148. The van der Waals surface area contributed by atoms with Crippen molar-refractivity contribution in [3.8, 4) is 0 Å². The van der Waals surface area contributed by atoms with Crippen molar-refractivity contribution >= 4 is 51.8 Å². The lowest BCUT2D eigenvalue weighted by atomic mass is 10.1.